The van der Waals surface area contributed by atoms with E-state index in [-0.39, 0.29) is 5.82 Å². The molecule has 7 heteroatoms. The zero-order valence-electron chi connectivity index (χ0n) is 15.1. The summed E-state index contributed by atoms with van der Waals surface area (Å²) in [5.41, 5.74) is 2.67. The standard InChI is InChI=1S/C20H19FN4OS/c1-13-6-7-17(26-13)11-22-20-23-14(2)19(27-20)18-8-9-25(24-18)12-15-4-3-5-16(21)10-15/h3-10H,11-12H2,1-2H3,(H,22,23). The number of aromatic nitrogens is 3. The summed E-state index contributed by atoms with van der Waals surface area (Å²) in [6.45, 7) is 5.02. The fraction of sp³-hybridized carbons (Fsp3) is 0.200. The molecule has 0 aliphatic carbocycles. The molecule has 0 spiro atoms. The SMILES string of the molecule is Cc1ccc(CNc2nc(C)c(-c3ccn(Cc4cccc(F)c4)n3)s2)o1. The van der Waals surface area contributed by atoms with Gasteiger partial charge in [0.1, 0.15) is 23.0 Å². The molecule has 0 fully saturated rings. The molecule has 5 nitrogen and oxygen atoms in total. The van der Waals surface area contributed by atoms with Gasteiger partial charge in [-0.1, -0.05) is 23.5 Å². The summed E-state index contributed by atoms with van der Waals surface area (Å²) >= 11 is 1.56. The summed E-state index contributed by atoms with van der Waals surface area (Å²) in [5.74, 6) is 1.54. The Morgan fingerprint density at radius 3 is 2.85 bits per heavy atom. The highest BCUT2D eigenvalue weighted by atomic mass is 32.1. The fourth-order valence-corrected chi connectivity index (χ4v) is 3.77. The smallest absolute Gasteiger partial charge is 0.183 e. The van der Waals surface area contributed by atoms with Crippen LogP contribution in [-0.2, 0) is 13.1 Å². The van der Waals surface area contributed by atoms with Crippen molar-refractivity contribution in [2.24, 2.45) is 0 Å². The number of benzene rings is 1. The van der Waals surface area contributed by atoms with Gasteiger partial charge in [-0.05, 0) is 49.7 Å². The van der Waals surface area contributed by atoms with Crippen LogP contribution in [-0.4, -0.2) is 14.8 Å². The molecule has 0 unspecified atom stereocenters. The molecule has 0 saturated carbocycles. The Balaban J connectivity index is 1.47. The molecule has 0 aliphatic heterocycles. The van der Waals surface area contributed by atoms with Crippen LogP contribution >= 0.6 is 11.3 Å². The van der Waals surface area contributed by atoms with Crippen molar-refractivity contribution in [1.29, 1.82) is 0 Å². The Kier molecular flexibility index (Phi) is 4.77. The first-order chi connectivity index (χ1) is 13.1. The number of rotatable bonds is 6. The number of nitrogens with zero attached hydrogens (tertiary/aromatic N) is 3. The fourth-order valence-electron chi connectivity index (χ4n) is 2.85. The van der Waals surface area contributed by atoms with E-state index in [9.17, 15) is 4.39 Å². The summed E-state index contributed by atoms with van der Waals surface area (Å²) in [5, 5.41) is 8.74. The van der Waals surface area contributed by atoms with Crippen LogP contribution in [0.25, 0.3) is 10.6 Å². The van der Waals surface area contributed by atoms with E-state index < -0.39 is 0 Å². The van der Waals surface area contributed by atoms with Crippen molar-refractivity contribution < 1.29 is 8.81 Å². The Morgan fingerprint density at radius 2 is 2.07 bits per heavy atom. The van der Waals surface area contributed by atoms with Crippen LogP contribution in [0.1, 0.15) is 22.8 Å². The third-order valence-corrected chi connectivity index (χ3v) is 5.25. The molecular weight excluding hydrogens is 363 g/mol. The van der Waals surface area contributed by atoms with Gasteiger partial charge < -0.3 is 9.73 Å². The van der Waals surface area contributed by atoms with E-state index >= 15 is 0 Å². The van der Waals surface area contributed by atoms with Gasteiger partial charge in [-0.2, -0.15) is 5.10 Å². The highest BCUT2D eigenvalue weighted by Gasteiger charge is 2.13. The van der Waals surface area contributed by atoms with Crippen LogP contribution < -0.4 is 5.32 Å². The van der Waals surface area contributed by atoms with Crippen LogP contribution in [0.3, 0.4) is 0 Å². The number of nitrogens with one attached hydrogen (secondary N) is 1. The predicted octanol–water partition coefficient (Wildman–Crippen LogP) is 5.02. The largest absolute Gasteiger partial charge is 0.465 e. The predicted molar refractivity (Wildman–Crippen MR) is 104 cm³/mol. The number of furan rings is 1. The monoisotopic (exact) mass is 382 g/mol. The van der Waals surface area contributed by atoms with E-state index in [0.29, 0.717) is 13.1 Å². The number of halogens is 1. The van der Waals surface area contributed by atoms with Gasteiger partial charge in [-0.3, -0.25) is 4.68 Å². The minimum Gasteiger partial charge on any atom is -0.465 e. The van der Waals surface area contributed by atoms with Gasteiger partial charge in [0.15, 0.2) is 5.13 Å². The lowest BCUT2D eigenvalue weighted by Gasteiger charge is -2.01. The molecule has 0 atom stereocenters. The van der Waals surface area contributed by atoms with E-state index in [1.165, 1.54) is 12.1 Å². The lowest BCUT2D eigenvalue weighted by atomic mass is 10.2. The normalized spacial score (nSPS) is 11.1. The van der Waals surface area contributed by atoms with Gasteiger partial charge in [0.05, 0.1) is 23.7 Å². The van der Waals surface area contributed by atoms with Crippen molar-refractivity contribution in [2.75, 3.05) is 5.32 Å². The van der Waals surface area contributed by atoms with Crippen molar-refractivity contribution in [2.45, 2.75) is 26.9 Å². The average molecular weight is 382 g/mol. The first-order valence-corrected chi connectivity index (χ1v) is 9.43. The molecule has 0 saturated heterocycles. The van der Waals surface area contributed by atoms with Gasteiger partial charge in [0, 0.05) is 6.20 Å². The minimum absolute atomic E-state index is 0.236. The maximum atomic E-state index is 13.3. The third kappa shape index (κ3) is 4.09. The Morgan fingerprint density at radius 1 is 1.19 bits per heavy atom. The average Bonchev–Trinajstić information content (AvgIpc) is 3.34. The highest BCUT2D eigenvalue weighted by molar-refractivity contribution is 7.19. The summed E-state index contributed by atoms with van der Waals surface area (Å²) in [4.78, 5) is 5.60. The Bertz CT molecular complexity index is 1070. The van der Waals surface area contributed by atoms with Crippen LogP contribution in [0.4, 0.5) is 9.52 Å². The number of thiazole rings is 1. The van der Waals surface area contributed by atoms with Gasteiger partial charge >= 0.3 is 0 Å². The van der Waals surface area contributed by atoms with E-state index in [1.807, 2.05) is 49.0 Å². The zero-order chi connectivity index (χ0) is 18.8. The highest BCUT2D eigenvalue weighted by Crippen LogP contribution is 2.32. The molecule has 138 valence electrons. The molecule has 0 bridgehead atoms. The first kappa shape index (κ1) is 17.5. The molecule has 27 heavy (non-hydrogen) atoms. The van der Waals surface area contributed by atoms with Crippen molar-refractivity contribution >= 4 is 16.5 Å². The van der Waals surface area contributed by atoms with Crippen LogP contribution in [0.5, 0.6) is 0 Å². The number of hydrogen-bond donors (Lipinski definition) is 1. The lowest BCUT2D eigenvalue weighted by molar-refractivity contribution is 0.490. The summed E-state index contributed by atoms with van der Waals surface area (Å²) in [6, 6.07) is 12.4. The van der Waals surface area contributed by atoms with Crippen molar-refractivity contribution in [3.63, 3.8) is 0 Å². The number of hydrogen-bond acceptors (Lipinski definition) is 5. The molecule has 3 heterocycles. The number of aryl methyl sites for hydroxylation is 2. The van der Waals surface area contributed by atoms with Gasteiger partial charge in [0.25, 0.3) is 0 Å². The summed E-state index contributed by atoms with van der Waals surface area (Å²) in [7, 11) is 0. The molecule has 4 aromatic rings. The lowest BCUT2D eigenvalue weighted by Crippen LogP contribution is -2.00. The maximum absolute atomic E-state index is 13.3. The first-order valence-electron chi connectivity index (χ1n) is 8.62. The van der Waals surface area contributed by atoms with Gasteiger partial charge in [0.2, 0.25) is 0 Å². The van der Waals surface area contributed by atoms with Crippen molar-refractivity contribution in [1.82, 2.24) is 14.8 Å². The summed E-state index contributed by atoms with van der Waals surface area (Å²) in [6.07, 6.45) is 1.90. The molecule has 3 aromatic heterocycles. The molecular formula is C20H19FN4OS. The van der Waals surface area contributed by atoms with Crippen LogP contribution in [0.2, 0.25) is 0 Å². The topological polar surface area (TPSA) is 55.9 Å². The maximum Gasteiger partial charge on any atom is 0.183 e. The Hall–Kier alpha value is -2.93. The molecule has 4 rings (SSSR count). The Labute approximate surface area is 160 Å². The second-order valence-corrected chi connectivity index (χ2v) is 7.33. The molecule has 1 aromatic carbocycles. The third-order valence-electron chi connectivity index (χ3n) is 4.11. The summed E-state index contributed by atoms with van der Waals surface area (Å²) < 4.78 is 20.7. The second-order valence-electron chi connectivity index (χ2n) is 6.33. The molecule has 0 amide bonds. The van der Waals surface area contributed by atoms with Crippen molar-refractivity contribution in [3.05, 3.63) is 77.3 Å². The van der Waals surface area contributed by atoms with Crippen LogP contribution in [0, 0.1) is 19.7 Å². The van der Waals surface area contributed by atoms with E-state index in [1.54, 1.807) is 17.4 Å². The molecule has 0 aliphatic rings. The number of anilines is 1. The van der Waals surface area contributed by atoms with E-state index in [2.05, 4.69) is 15.4 Å². The van der Waals surface area contributed by atoms with Crippen LogP contribution in [0.15, 0.2) is 53.1 Å². The van der Waals surface area contributed by atoms with Crippen molar-refractivity contribution in [3.8, 4) is 10.6 Å². The molecule has 0 radical (unpaired) electrons. The second kappa shape index (κ2) is 7.36. The van der Waals surface area contributed by atoms with Gasteiger partial charge in [-0.25, -0.2) is 9.37 Å². The zero-order valence-corrected chi connectivity index (χ0v) is 15.9. The van der Waals surface area contributed by atoms with E-state index in [0.717, 1.165) is 38.5 Å². The quantitative estimate of drug-likeness (QED) is 0.509. The van der Waals surface area contributed by atoms with E-state index in [4.69, 9.17) is 4.42 Å². The minimum atomic E-state index is -0.236. The van der Waals surface area contributed by atoms with Gasteiger partial charge in [-0.15, -0.1) is 0 Å². The molecule has 1 N–H and O–H groups in total.